The van der Waals surface area contributed by atoms with Gasteiger partial charge in [0.15, 0.2) is 0 Å². The second kappa shape index (κ2) is 5.83. The molecular formula is C14H17F3N2O. The molecule has 1 fully saturated rings. The summed E-state index contributed by atoms with van der Waals surface area (Å²) in [6.45, 7) is 2.37. The lowest BCUT2D eigenvalue weighted by Crippen LogP contribution is -2.36. The molecule has 1 aromatic rings. The first-order valence-corrected chi connectivity index (χ1v) is 6.56. The van der Waals surface area contributed by atoms with Crippen molar-refractivity contribution >= 4 is 5.91 Å². The van der Waals surface area contributed by atoms with Gasteiger partial charge in [-0.05, 0) is 31.0 Å². The molecule has 0 radical (unpaired) electrons. The summed E-state index contributed by atoms with van der Waals surface area (Å²) in [5, 5.41) is 5.97. The van der Waals surface area contributed by atoms with Gasteiger partial charge in [-0.3, -0.25) is 4.79 Å². The fourth-order valence-corrected chi connectivity index (χ4v) is 2.25. The van der Waals surface area contributed by atoms with Crippen molar-refractivity contribution in [3.8, 4) is 0 Å². The van der Waals surface area contributed by atoms with Crippen LogP contribution in [0.25, 0.3) is 0 Å². The molecule has 1 saturated heterocycles. The summed E-state index contributed by atoms with van der Waals surface area (Å²) in [5.41, 5.74) is -0.0537. The molecule has 0 aliphatic carbocycles. The highest BCUT2D eigenvalue weighted by Crippen LogP contribution is 2.30. The van der Waals surface area contributed by atoms with E-state index in [1.54, 1.807) is 6.07 Å². The number of rotatable bonds is 4. The summed E-state index contributed by atoms with van der Waals surface area (Å²) in [7, 11) is 0. The summed E-state index contributed by atoms with van der Waals surface area (Å²) < 4.78 is 37.9. The minimum Gasteiger partial charge on any atom is -0.352 e. The highest BCUT2D eigenvalue weighted by Gasteiger charge is 2.30. The standard InChI is InChI=1S/C14H17F3N2O/c1-9(18-8-12-5-6-13(20)19-12)10-3-2-4-11(7-10)14(15,16)17/h2-4,7,9,12,18H,5-6,8H2,1H3,(H,19,20). The van der Waals surface area contributed by atoms with Crippen molar-refractivity contribution in [3.63, 3.8) is 0 Å². The first-order chi connectivity index (χ1) is 9.36. The van der Waals surface area contributed by atoms with Gasteiger partial charge in [-0.1, -0.05) is 12.1 Å². The lowest BCUT2D eigenvalue weighted by atomic mass is 10.0. The van der Waals surface area contributed by atoms with Crippen LogP contribution in [-0.4, -0.2) is 18.5 Å². The van der Waals surface area contributed by atoms with E-state index < -0.39 is 11.7 Å². The molecule has 3 nitrogen and oxygen atoms in total. The van der Waals surface area contributed by atoms with Crippen molar-refractivity contribution in [2.75, 3.05) is 6.54 Å². The van der Waals surface area contributed by atoms with Crippen molar-refractivity contribution in [1.29, 1.82) is 0 Å². The van der Waals surface area contributed by atoms with Crippen LogP contribution in [0.2, 0.25) is 0 Å². The number of hydrogen-bond acceptors (Lipinski definition) is 2. The Morgan fingerprint density at radius 2 is 2.20 bits per heavy atom. The van der Waals surface area contributed by atoms with Crippen LogP contribution in [-0.2, 0) is 11.0 Å². The van der Waals surface area contributed by atoms with E-state index in [1.165, 1.54) is 6.07 Å². The van der Waals surface area contributed by atoms with Crippen LogP contribution in [0.4, 0.5) is 13.2 Å². The second-order valence-electron chi connectivity index (χ2n) is 5.06. The largest absolute Gasteiger partial charge is 0.416 e. The summed E-state index contributed by atoms with van der Waals surface area (Å²) in [6, 6.07) is 5.16. The van der Waals surface area contributed by atoms with Crippen LogP contribution in [0.15, 0.2) is 24.3 Å². The molecule has 6 heteroatoms. The molecule has 1 amide bonds. The predicted octanol–water partition coefficient (Wildman–Crippen LogP) is 2.63. The first-order valence-electron chi connectivity index (χ1n) is 6.56. The molecule has 20 heavy (non-hydrogen) atoms. The summed E-state index contributed by atoms with van der Waals surface area (Å²) in [6.07, 6.45) is -3.04. The number of hydrogen-bond donors (Lipinski definition) is 2. The molecule has 0 aromatic heterocycles. The van der Waals surface area contributed by atoms with E-state index in [0.717, 1.165) is 18.6 Å². The van der Waals surface area contributed by atoms with E-state index >= 15 is 0 Å². The Balaban J connectivity index is 1.95. The Morgan fingerprint density at radius 1 is 1.45 bits per heavy atom. The van der Waals surface area contributed by atoms with Gasteiger partial charge in [0.05, 0.1) is 5.56 Å². The van der Waals surface area contributed by atoms with Crippen molar-refractivity contribution < 1.29 is 18.0 Å². The van der Waals surface area contributed by atoms with E-state index in [0.29, 0.717) is 18.5 Å². The zero-order valence-electron chi connectivity index (χ0n) is 11.1. The zero-order valence-corrected chi connectivity index (χ0v) is 11.1. The van der Waals surface area contributed by atoms with Gasteiger partial charge in [0.25, 0.3) is 0 Å². The molecule has 2 N–H and O–H groups in total. The second-order valence-corrected chi connectivity index (χ2v) is 5.06. The van der Waals surface area contributed by atoms with Crippen molar-refractivity contribution in [3.05, 3.63) is 35.4 Å². The van der Waals surface area contributed by atoms with Gasteiger partial charge < -0.3 is 10.6 Å². The molecule has 2 unspecified atom stereocenters. The minimum absolute atomic E-state index is 0.0310. The van der Waals surface area contributed by atoms with Gasteiger partial charge in [-0.2, -0.15) is 13.2 Å². The van der Waals surface area contributed by atoms with E-state index in [2.05, 4.69) is 10.6 Å². The van der Waals surface area contributed by atoms with Crippen molar-refractivity contribution in [2.45, 2.75) is 38.0 Å². The molecular weight excluding hydrogens is 269 g/mol. The number of benzene rings is 1. The van der Waals surface area contributed by atoms with Crippen LogP contribution in [0.1, 0.15) is 36.9 Å². The highest BCUT2D eigenvalue weighted by molar-refractivity contribution is 5.78. The number of carbonyl (C=O) groups is 1. The number of nitrogens with one attached hydrogen (secondary N) is 2. The average molecular weight is 286 g/mol. The minimum atomic E-state index is -4.32. The van der Waals surface area contributed by atoms with E-state index in [-0.39, 0.29) is 18.0 Å². The summed E-state index contributed by atoms with van der Waals surface area (Å²) in [5.74, 6) is 0.0310. The molecule has 2 rings (SSSR count). The smallest absolute Gasteiger partial charge is 0.352 e. The lowest BCUT2D eigenvalue weighted by Gasteiger charge is -2.18. The lowest BCUT2D eigenvalue weighted by molar-refractivity contribution is -0.137. The van der Waals surface area contributed by atoms with Gasteiger partial charge in [0.1, 0.15) is 0 Å². The third-order valence-electron chi connectivity index (χ3n) is 3.47. The average Bonchev–Trinajstić information content (AvgIpc) is 2.81. The fourth-order valence-electron chi connectivity index (χ4n) is 2.25. The van der Waals surface area contributed by atoms with Crippen molar-refractivity contribution in [1.82, 2.24) is 10.6 Å². The Hall–Kier alpha value is -1.56. The van der Waals surface area contributed by atoms with Crippen LogP contribution < -0.4 is 10.6 Å². The maximum atomic E-state index is 12.6. The molecule has 2 atom stereocenters. The third-order valence-corrected chi connectivity index (χ3v) is 3.47. The van der Waals surface area contributed by atoms with Gasteiger partial charge in [-0.15, -0.1) is 0 Å². The quantitative estimate of drug-likeness (QED) is 0.893. The maximum Gasteiger partial charge on any atom is 0.416 e. The van der Waals surface area contributed by atoms with Gasteiger partial charge in [0, 0.05) is 25.0 Å². The predicted molar refractivity (Wildman–Crippen MR) is 69.0 cm³/mol. The normalized spacial score (nSPS) is 20.8. The Morgan fingerprint density at radius 3 is 2.80 bits per heavy atom. The monoisotopic (exact) mass is 286 g/mol. The topological polar surface area (TPSA) is 41.1 Å². The van der Waals surface area contributed by atoms with Gasteiger partial charge in [0.2, 0.25) is 5.91 Å². The zero-order chi connectivity index (χ0) is 14.8. The molecule has 0 bridgehead atoms. The Labute approximate surface area is 115 Å². The highest BCUT2D eigenvalue weighted by atomic mass is 19.4. The van der Waals surface area contributed by atoms with Crippen LogP contribution in [0, 0.1) is 0 Å². The molecule has 110 valence electrons. The number of alkyl halides is 3. The fraction of sp³-hybridized carbons (Fsp3) is 0.500. The molecule has 0 saturated carbocycles. The van der Waals surface area contributed by atoms with Crippen LogP contribution in [0.3, 0.4) is 0 Å². The SMILES string of the molecule is CC(NCC1CCC(=O)N1)c1cccc(C(F)(F)F)c1. The number of halogens is 3. The van der Waals surface area contributed by atoms with Crippen LogP contribution >= 0.6 is 0 Å². The number of carbonyl (C=O) groups excluding carboxylic acids is 1. The van der Waals surface area contributed by atoms with Gasteiger partial charge in [-0.25, -0.2) is 0 Å². The Bertz CT molecular complexity index is 488. The molecule has 1 aliphatic rings. The van der Waals surface area contributed by atoms with E-state index in [4.69, 9.17) is 0 Å². The third kappa shape index (κ3) is 3.72. The Kier molecular flexibility index (Phi) is 4.32. The number of amides is 1. The van der Waals surface area contributed by atoms with Crippen molar-refractivity contribution in [2.24, 2.45) is 0 Å². The first kappa shape index (κ1) is 14.8. The molecule has 1 heterocycles. The molecule has 0 spiro atoms. The van der Waals surface area contributed by atoms with E-state index in [9.17, 15) is 18.0 Å². The molecule has 1 aromatic carbocycles. The van der Waals surface area contributed by atoms with E-state index in [1.807, 2.05) is 6.92 Å². The summed E-state index contributed by atoms with van der Waals surface area (Å²) >= 11 is 0. The maximum absolute atomic E-state index is 12.6. The van der Waals surface area contributed by atoms with Gasteiger partial charge >= 0.3 is 6.18 Å². The molecule has 1 aliphatic heterocycles. The van der Waals surface area contributed by atoms with Crippen LogP contribution in [0.5, 0.6) is 0 Å². The summed E-state index contributed by atoms with van der Waals surface area (Å²) in [4.78, 5) is 11.1.